The van der Waals surface area contributed by atoms with Crippen molar-refractivity contribution >= 4 is 5.91 Å². The number of H-pyrrole nitrogens is 1. The third-order valence-corrected chi connectivity index (χ3v) is 5.06. The number of pyridine rings is 1. The van der Waals surface area contributed by atoms with E-state index in [0.717, 1.165) is 44.7 Å². The van der Waals surface area contributed by atoms with E-state index >= 15 is 0 Å². The minimum absolute atomic E-state index is 0.125. The molecule has 0 aromatic carbocycles. The number of nitrogens with zero attached hydrogens (tertiary/aromatic N) is 1. The quantitative estimate of drug-likeness (QED) is 0.819. The molecule has 0 atom stereocenters. The van der Waals surface area contributed by atoms with Crippen LogP contribution in [0.25, 0.3) is 0 Å². The minimum Gasteiger partial charge on any atom is -0.338 e. The number of hydrogen-bond acceptors (Lipinski definition) is 3. The van der Waals surface area contributed by atoms with Gasteiger partial charge in [0.25, 0.3) is 11.5 Å². The van der Waals surface area contributed by atoms with E-state index < -0.39 is 0 Å². The van der Waals surface area contributed by atoms with Gasteiger partial charge in [0.2, 0.25) is 0 Å². The summed E-state index contributed by atoms with van der Waals surface area (Å²) >= 11 is 0. The third kappa shape index (κ3) is 2.88. The highest BCUT2D eigenvalue weighted by Gasteiger charge is 2.37. The molecule has 114 valence electrons. The highest BCUT2D eigenvalue weighted by Crippen LogP contribution is 2.39. The Morgan fingerprint density at radius 3 is 2.43 bits per heavy atom. The average molecular weight is 289 g/mol. The van der Waals surface area contributed by atoms with Gasteiger partial charge in [0.05, 0.1) is 0 Å². The Bertz CT molecular complexity index is 577. The van der Waals surface area contributed by atoms with Gasteiger partial charge in [-0.1, -0.05) is 0 Å². The Labute approximate surface area is 124 Å². The van der Waals surface area contributed by atoms with Gasteiger partial charge in [-0.2, -0.15) is 0 Å². The Morgan fingerprint density at radius 1 is 1.14 bits per heavy atom. The summed E-state index contributed by atoms with van der Waals surface area (Å²) in [6, 6.07) is 3.43. The zero-order chi connectivity index (χ0) is 14.9. The van der Waals surface area contributed by atoms with Crippen LogP contribution in [-0.4, -0.2) is 42.0 Å². The number of likely N-dealkylation sites (tertiary alicyclic amines) is 1. The smallest absolute Gasteiger partial charge is 0.260 e. The normalized spacial score (nSPS) is 21.5. The van der Waals surface area contributed by atoms with Crippen molar-refractivity contribution in [3.63, 3.8) is 0 Å². The second-order valence-electron chi connectivity index (χ2n) is 6.43. The molecule has 2 saturated heterocycles. The van der Waals surface area contributed by atoms with Gasteiger partial charge in [-0.25, -0.2) is 0 Å². The summed E-state index contributed by atoms with van der Waals surface area (Å²) in [7, 11) is 0. The lowest BCUT2D eigenvalue weighted by Crippen LogP contribution is -2.48. The number of nitrogens with one attached hydrogen (secondary N) is 2. The Morgan fingerprint density at radius 2 is 1.81 bits per heavy atom. The number of carbonyl (C=O) groups excluding carboxylic acids is 1. The fourth-order valence-electron chi connectivity index (χ4n) is 3.55. The SMILES string of the molecule is Cc1ccc(C(=O)N2CCC3(CCNCC3)CC2)c(=O)[nH]1. The number of aromatic nitrogens is 1. The molecule has 0 aliphatic carbocycles. The Balaban J connectivity index is 1.69. The first-order chi connectivity index (χ1) is 10.1. The maximum absolute atomic E-state index is 12.5. The van der Waals surface area contributed by atoms with Crippen LogP contribution >= 0.6 is 0 Å². The predicted octanol–water partition coefficient (Wildman–Crippen LogP) is 1.29. The molecule has 1 spiro atoms. The molecule has 3 heterocycles. The topological polar surface area (TPSA) is 65.2 Å². The van der Waals surface area contributed by atoms with Crippen LogP contribution in [0.1, 0.15) is 41.7 Å². The Kier molecular flexibility index (Phi) is 3.85. The van der Waals surface area contributed by atoms with Crippen LogP contribution in [0.5, 0.6) is 0 Å². The molecule has 0 bridgehead atoms. The van der Waals surface area contributed by atoms with Crippen molar-refractivity contribution in [2.24, 2.45) is 5.41 Å². The summed E-state index contributed by atoms with van der Waals surface area (Å²) < 4.78 is 0. The number of piperidine rings is 2. The lowest BCUT2D eigenvalue weighted by molar-refractivity contribution is 0.0494. The van der Waals surface area contributed by atoms with Gasteiger partial charge in [0.1, 0.15) is 5.56 Å². The van der Waals surface area contributed by atoms with Gasteiger partial charge in [-0.3, -0.25) is 9.59 Å². The van der Waals surface area contributed by atoms with E-state index in [4.69, 9.17) is 0 Å². The second-order valence-corrected chi connectivity index (χ2v) is 6.43. The molecule has 2 fully saturated rings. The van der Waals surface area contributed by atoms with Crippen molar-refractivity contribution in [3.8, 4) is 0 Å². The van der Waals surface area contributed by atoms with Crippen molar-refractivity contribution in [1.29, 1.82) is 0 Å². The van der Waals surface area contributed by atoms with E-state index in [1.54, 1.807) is 12.1 Å². The number of rotatable bonds is 1. The molecule has 21 heavy (non-hydrogen) atoms. The van der Waals surface area contributed by atoms with Crippen molar-refractivity contribution in [2.45, 2.75) is 32.6 Å². The standard InChI is InChI=1S/C16H23N3O2/c1-12-2-3-13(14(20)18-12)15(21)19-10-6-16(7-11-19)4-8-17-9-5-16/h2-3,17H,4-11H2,1H3,(H,18,20). The summed E-state index contributed by atoms with van der Waals surface area (Å²) in [6.45, 7) is 5.53. The van der Waals surface area contributed by atoms with E-state index in [1.807, 2.05) is 11.8 Å². The molecule has 5 nitrogen and oxygen atoms in total. The summed E-state index contributed by atoms with van der Waals surface area (Å²) in [5.41, 5.74) is 1.19. The fourth-order valence-corrected chi connectivity index (χ4v) is 3.55. The molecule has 5 heteroatoms. The van der Waals surface area contributed by atoms with Crippen molar-refractivity contribution < 1.29 is 4.79 Å². The zero-order valence-electron chi connectivity index (χ0n) is 12.6. The van der Waals surface area contributed by atoms with Crippen LogP contribution in [0.4, 0.5) is 0 Å². The molecule has 0 radical (unpaired) electrons. The van der Waals surface area contributed by atoms with Crippen molar-refractivity contribution in [1.82, 2.24) is 15.2 Å². The first-order valence-corrected chi connectivity index (χ1v) is 7.80. The number of hydrogen-bond donors (Lipinski definition) is 2. The fraction of sp³-hybridized carbons (Fsp3) is 0.625. The van der Waals surface area contributed by atoms with E-state index in [0.29, 0.717) is 5.41 Å². The van der Waals surface area contributed by atoms with Gasteiger partial charge in [0.15, 0.2) is 0 Å². The van der Waals surface area contributed by atoms with E-state index in [-0.39, 0.29) is 17.0 Å². The molecule has 2 aliphatic heterocycles. The molecule has 3 rings (SSSR count). The summed E-state index contributed by atoms with van der Waals surface area (Å²) in [4.78, 5) is 28.9. The maximum Gasteiger partial charge on any atom is 0.260 e. The number of carbonyl (C=O) groups is 1. The van der Waals surface area contributed by atoms with E-state index in [9.17, 15) is 9.59 Å². The van der Waals surface area contributed by atoms with Crippen molar-refractivity contribution in [2.75, 3.05) is 26.2 Å². The number of aryl methyl sites for hydroxylation is 1. The molecular weight excluding hydrogens is 266 g/mol. The second kappa shape index (κ2) is 5.64. The first kappa shape index (κ1) is 14.3. The first-order valence-electron chi connectivity index (χ1n) is 7.80. The number of aromatic amines is 1. The predicted molar refractivity (Wildman–Crippen MR) is 81.5 cm³/mol. The molecule has 2 N–H and O–H groups in total. The monoisotopic (exact) mass is 289 g/mol. The van der Waals surface area contributed by atoms with Crippen molar-refractivity contribution in [3.05, 3.63) is 33.7 Å². The van der Waals surface area contributed by atoms with Crippen LogP contribution < -0.4 is 10.9 Å². The zero-order valence-corrected chi connectivity index (χ0v) is 12.6. The summed E-state index contributed by atoms with van der Waals surface area (Å²) in [5.74, 6) is -0.125. The lowest BCUT2D eigenvalue weighted by atomic mass is 9.71. The lowest BCUT2D eigenvalue weighted by Gasteiger charge is -2.44. The van der Waals surface area contributed by atoms with Gasteiger partial charge >= 0.3 is 0 Å². The average Bonchev–Trinajstić information content (AvgIpc) is 2.48. The summed E-state index contributed by atoms with van der Waals surface area (Å²) in [5, 5.41) is 3.40. The van der Waals surface area contributed by atoms with E-state index in [2.05, 4.69) is 10.3 Å². The number of amides is 1. The minimum atomic E-state index is -0.276. The highest BCUT2D eigenvalue weighted by molar-refractivity contribution is 5.93. The van der Waals surface area contributed by atoms with Crippen LogP contribution in [0.15, 0.2) is 16.9 Å². The van der Waals surface area contributed by atoms with Gasteiger partial charge < -0.3 is 15.2 Å². The molecule has 0 unspecified atom stereocenters. The Hall–Kier alpha value is -1.62. The van der Waals surface area contributed by atoms with Crippen LogP contribution in [-0.2, 0) is 0 Å². The summed E-state index contributed by atoms with van der Waals surface area (Å²) in [6.07, 6.45) is 4.54. The van der Waals surface area contributed by atoms with Gasteiger partial charge in [0, 0.05) is 18.8 Å². The maximum atomic E-state index is 12.5. The molecule has 0 saturated carbocycles. The van der Waals surface area contributed by atoms with Crippen LogP contribution in [0.2, 0.25) is 0 Å². The van der Waals surface area contributed by atoms with Crippen LogP contribution in [0, 0.1) is 12.3 Å². The van der Waals surface area contributed by atoms with Gasteiger partial charge in [-0.15, -0.1) is 0 Å². The van der Waals surface area contributed by atoms with E-state index in [1.165, 1.54) is 12.8 Å². The third-order valence-electron chi connectivity index (χ3n) is 5.06. The largest absolute Gasteiger partial charge is 0.338 e. The molecule has 1 aromatic rings. The molecule has 2 aliphatic rings. The molecule has 1 aromatic heterocycles. The molecule has 1 amide bonds. The highest BCUT2D eigenvalue weighted by atomic mass is 16.2. The van der Waals surface area contributed by atoms with Gasteiger partial charge in [-0.05, 0) is 63.2 Å². The molecular formula is C16H23N3O2. The van der Waals surface area contributed by atoms with Crippen LogP contribution in [0.3, 0.4) is 0 Å².